The summed E-state index contributed by atoms with van der Waals surface area (Å²) in [5, 5.41) is 10.3. The number of piperazine rings is 1. The Morgan fingerprint density at radius 2 is 1.80 bits per heavy atom. The molecule has 164 valence electrons. The van der Waals surface area contributed by atoms with Gasteiger partial charge in [0.1, 0.15) is 11.6 Å². The van der Waals surface area contributed by atoms with E-state index < -0.39 is 24.0 Å². The fourth-order valence-electron chi connectivity index (χ4n) is 3.42. The Morgan fingerprint density at radius 3 is 2.33 bits per heavy atom. The lowest BCUT2D eigenvalue weighted by atomic mass is 9.98. The van der Waals surface area contributed by atoms with E-state index in [1.807, 2.05) is 0 Å². The molecule has 2 heterocycles. The molecule has 1 aliphatic rings. The van der Waals surface area contributed by atoms with Gasteiger partial charge in [-0.25, -0.2) is 9.37 Å². The molecule has 1 saturated heterocycles. The minimum Gasteiger partial charge on any atom is -0.374 e. The molecule has 11 heteroatoms. The van der Waals surface area contributed by atoms with Crippen molar-refractivity contribution in [1.82, 2.24) is 14.5 Å². The van der Waals surface area contributed by atoms with Crippen LogP contribution in [0, 0.1) is 5.82 Å². The van der Waals surface area contributed by atoms with Crippen LogP contribution in [-0.4, -0.2) is 64.4 Å². The number of benzene rings is 1. The Bertz CT molecular complexity index is 874. The van der Waals surface area contributed by atoms with Crippen molar-refractivity contribution in [3.63, 3.8) is 0 Å². The van der Waals surface area contributed by atoms with Crippen molar-refractivity contribution < 1.29 is 22.7 Å². The van der Waals surface area contributed by atoms with E-state index in [4.69, 9.17) is 5.73 Å². The van der Waals surface area contributed by atoms with E-state index in [2.05, 4.69) is 14.9 Å². The second-order valence-electron chi connectivity index (χ2n) is 7.16. The molecule has 1 aromatic carbocycles. The summed E-state index contributed by atoms with van der Waals surface area (Å²) in [6.45, 7) is 1.96. The van der Waals surface area contributed by atoms with Crippen molar-refractivity contribution in [3.8, 4) is 0 Å². The van der Waals surface area contributed by atoms with Crippen molar-refractivity contribution >= 4 is 11.6 Å². The molecule has 0 spiro atoms. The summed E-state index contributed by atoms with van der Waals surface area (Å²) in [4.78, 5) is 11.5. The Morgan fingerprint density at radius 1 is 1.17 bits per heavy atom. The van der Waals surface area contributed by atoms with Gasteiger partial charge in [0, 0.05) is 64.3 Å². The topological polar surface area (TPSA) is 82.9 Å². The van der Waals surface area contributed by atoms with Crippen LogP contribution in [0.4, 0.5) is 23.2 Å². The Labute approximate surface area is 171 Å². The van der Waals surface area contributed by atoms with E-state index in [9.17, 15) is 22.7 Å². The zero-order chi connectivity index (χ0) is 21.9. The quantitative estimate of drug-likeness (QED) is 0.432. The number of hydrogen-bond acceptors (Lipinski definition) is 4. The fraction of sp³-hybridized carbons (Fsp3) is 0.474. The molecule has 7 nitrogen and oxygen atoms in total. The molecule has 0 amide bonds. The van der Waals surface area contributed by atoms with Crippen molar-refractivity contribution in [1.29, 1.82) is 0 Å². The molecule has 30 heavy (non-hydrogen) atoms. The van der Waals surface area contributed by atoms with Gasteiger partial charge in [0.25, 0.3) is 0 Å². The monoisotopic (exact) mass is 428 g/mol. The number of hydrogen-bond donors (Lipinski definition) is 2. The highest BCUT2D eigenvalue weighted by Crippen LogP contribution is 2.40. The molecule has 1 fully saturated rings. The van der Waals surface area contributed by atoms with Gasteiger partial charge in [-0.3, -0.25) is 4.99 Å². The molecule has 0 saturated carbocycles. The minimum absolute atomic E-state index is 0.123. The number of anilines is 1. The number of aliphatic hydroxyl groups is 1. The lowest BCUT2D eigenvalue weighted by Crippen LogP contribution is -2.51. The highest BCUT2D eigenvalue weighted by atomic mass is 19.4. The maximum atomic E-state index is 13.5. The summed E-state index contributed by atoms with van der Waals surface area (Å²) in [5.74, 6) is -0.673. The predicted molar refractivity (Wildman–Crippen MR) is 104 cm³/mol. The van der Waals surface area contributed by atoms with E-state index in [1.165, 1.54) is 31.6 Å². The number of alkyl halides is 3. The van der Waals surface area contributed by atoms with Crippen LogP contribution < -0.4 is 10.6 Å². The predicted octanol–water partition coefficient (Wildman–Crippen LogP) is 1.84. The number of rotatable bonds is 5. The zero-order valence-corrected chi connectivity index (χ0v) is 16.5. The van der Waals surface area contributed by atoms with Gasteiger partial charge < -0.3 is 25.2 Å². The summed E-state index contributed by atoms with van der Waals surface area (Å²) in [6.07, 6.45) is -3.07. The Kier molecular flexibility index (Phi) is 6.20. The molecule has 0 bridgehead atoms. The number of halogens is 4. The van der Waals surface area contributed by atoms with Gasteiger partial charge in [0.05, 0.1) is 0 Å². The first-order valence-electron chi connectivity index (χ1n) is 9.44. The third-order valence-corrected chi connectivity index (χ3v) is 5.20. The van der Waals surface area contributed by atoms with Gasteiger partial charge in [0.2, 0.25) is 5.60 Å². The van der Waals surface area contributed by atoms with E-state index in [-0.39, 0.29) is 18.3 Å². The maximum absolute atomic E-state index is 13.5. The number of aryl methyl sites for hydroxylation is 1. The first-order chi connectivity index (χ1) is 14.1. The van der Waals surface area contributed by atoms with Gasteiger partial charge in [-0.15, -0.1) is 0 Å². The number of nitrogens with zero attached hydrogens (tertiary/aromatic N) is 5. The smallest absolute Gasteiger partial charge is 0.374 e. The first-order valence-corrected chi connectivity index (χ1v) is 9.44. The molecule has 1 atom stereocenters. The lowest BCUT2D eigenvalue weighted by Gasteiger charge is -2.36. The number of aliphatic imine (C=N–C) groups is 1. The van der Waals surface area contributed by atoms with E-state index in [0.29, 0.717) is 26.2 Å². The molecular formula is C19H24F4N6O. The molecule has 1 aromatic heterocycles. The van der Waals surface area contributed by atoms with Gasteiger partial charge in [-0.2, -0.15) is 13.2 Å². The molecule has 1 unspecified atom stereocenters. The summed E-state index contributed by atoms with van der Waals surface area (Å²) in [5.41, 5.74) is 3.73. The molecular weight excluding hydrogens is 404 g/mol. The van der Waals surface area contributed by atoms with Crippen molar-refractivity contribution in [2.24, 2.45) is 17.8 Å². The van der Waals surface area contributed by atoms with Gasteiger partial charge in [-0.1, -0.05) is 0 Å². The third kappa shape index (κ3) is 4.50. The normalized spacial score (nSPS) is 17.9. The molecule has 0 aliphatic carbocycles. The number of guanidine groups is 1. The molecule has 1 aliphatic heterocycles. The third-order valence-electron chi connectivity index (χ3n) is 5.20. The van der Waals surface area contributed by atoms with Crippen LogP contribution in [0.2, 0.25) is 0 Å². The van der Waals surface area contributed by atoms with Gasteiger partial charge in [-0.05, 0) is 24.3 Å². The summed E-state index contributed by atoms with van der Waals surface area (Å²) in [7, 11) is 1.39. The van der Waals surface area contributed by atoms with Crippen molar-refractivity contribution in [2.75, 3.05) is 37.6 Å². The largest absolute Gasteiger partial charge is 0.424 e. The van der Waals surface area contributed by atoms with Crippen LogP contribution in [0.1, 0.15) is 12.2 Å². The number of nitrogens with two attached hydrogens (primary N) is 1. The van der Waals surface area contributed by atoms with Crippen molar-refractivity contribution in [2.45, 2.75) is 18.2 Å². The average Bonchev–Trinajstić information content (AvgIpc) is 3.14. The van der Waals surface area contributed by atoms with Crippen LogP contribution >= 0.6 is 0 Å². The lowest BCUT2D eigenvalue weighted by molar-refractivity contribution is -0.272. The average molecular weight is 428 g/mol. The first kappa shape index (κ1) is 21.9. The fourth-order valence-corrected chi connectivity index (χ4v) is 3.42. The standard InChI is InChI=1S/C19H24F4N6O/c1-27-9-8-25-16(27)18(30,19(21,22)23)6-7-26-17(24)29-12-10-28(11-13-29)15-4-2-14(20)3-5-15/h2-5,8-9,30H,6-7,10-13H2,1H3,(H2,24,26). The van der Waals surface area contributed by atoms with Crippen molar-refractivity contribution in [3.05, 3.63) is 48.3 Å². The SMILES string of the molecule is Cn1ccnc1C(O)(CCN=C(N)N1CCN(c2ccc(F)cc2)CC1)C(F)(F)F. The highest BCUT2D eigenvalue weighted by Gasteiger charge is 2.57. The van der Waals surface area contributed by atoms with Crippen LogP contribution in [-0.2, 0) is 12.6 Å². The van der Waals surface area contributed by atoms with Crippen LogP contribution in [0.5, 0.6) is 0 Å². The second kappa shape index (κ2) is 8.50. The summed E-state index contributed by atoms with van der Waals surface area (Å²) >= 11 is 0. The second-order valence-corrected chi connectivity index (χ2v) is 7.16. The minimum atomic E-state index is -4.91. The van der Waals surface area contributed by atoms with Gasteiger partial charge >= 0.3 is 6.18 Å². The Hall–Kier alpha value is -2.82. The van der Waals surface area contributed by atoms with Crippen LogP contribution in [0.3, 0.4) is 0 Å². The Balaban J connectivity index is 1.60. The van der Waals surface area contributed by atoms with E-state index >= 15 is 0 Å². The van der Waals surface area contributed by atoms with E-state index in [0.717, 1.165) is 10.3 Å². The molecule has 3 N–H and O–H groups in total. The van der Waals surface area contributed by atoms with E-state index in [1.54, 1.807) is 17.0 Å². The van der Waals surface area contributed by atoms with Gasteiger partial charge in [0.15, 0.2) is 5.96 Å². The molecule has 0 radical (unpaired) electrons. The number of imidazole rings is 1. The molecule has 2 aromatic rings. The van der Waals surface area contributed by atoms with Crippen LogP contribution in [0.15, 0.2) is 41.7 Å². The summed E-state index contributed by atoms with van der Waals surface area (Å²) < 4.78 is 54.8. The zero-order valence-electron chi connectivity index (χ0n) is 16.5. The highest BCUT2D eigenvalue weighted by molar-refractivity contribution is 5.78. The van der Waals surface area contributed by atoms with Crippen LogP contribution in [0.25, 0.3) is 0 Å². The summed E-state index contributed by atoms with van der Waals surface area (Å²) in [6, 6.07) is 6.16. The molecule has 3 rings (SSSR count). The maximum Gasteiger partial charge on any atom is 0.424 e. The number of aromatic nitrogens is 2.